The van der Waals surface area contributed by atoms with Gasteiger partial charge in [-0.05, 0) is 31.6 Å². The lowest BCUT2D eigenvalue weighted by Gasteiger charge is -2.29. The normalized spacial score (nSPS) is 22.8. The van der Waals surface area contributed by atoms with E-state index in [4.69, 9.17) is 4.74 Å². The molecule has 5 nitrogen and oxygen atoms in total. The molecule has 5 heteroatoms. The first kappa shape index (κ1) is 15.3. The van der Waals surface area contributed by atoms with Gasteiger partial charge in [0.2, 0.25) is 5.91 Å². The van der Waals surface area contributed by atoms with Crippen LogP contribution in [0, 0.1) is 22.7 Å². The molecule has 0 aliphatic heterocycles. The number of ether oxygens (including phenoxy) is 1. The van der Waals surface area contributed by atoms with E-state index in [2.05, 4.69) is 11.4 Å². The van der Waals surface area contributed by atoms with Crippen LogP contribution in [-0.2, 0) is 9.53 Å². The summed E-state index contributed by atoms with van der Waals surface area (Å²) in [5.74, 6) is 0.432. The van der Waals surface area contributed by atoms with E-state index in [1.807, 2.05) is 0 Å². The van der Waals surface area contributed by atoms with Crippen molar-refractivity contribution in [1.29, 1.82) is 5.26 Å². The molecule has 0 radical (unpaired) electrons. The van der Waals surface area contributed by atoms with Crippen molar-refractivity contribution in [1.82, 2.24) is 5.32 Å². The first-order chi connectivity index (χ1) is 9.66. The minimum Gasteiger partial charge on any atom is -0.389 e. The van der Waals surface area contributed by atoms with Gasteiger partial charge in [0.05, 0.1) is 18.8 Å². The standard InChI is InChI=1S/C15H24N2O3/c16-11-15(6-2-1-3-7-15)14(19)17-8-13(18)10-20-9-12-4-5-12/h12-13,18H,1-10H2,(H,17,19). The average Bonchev–Trinajstić information content (AvgIpc) is 3.29. The smallest absolute Gasteiger partial charge is 0.240 e. The Balaban J connectivity index is 1.68. The predicted molar refractivity (Wildman–Crippen MR) is 73.7 cm³/mol. The topological polar surface area (TPSA) is 82.4 Å². The van der Waals surface area contributed by atoms with Crippen molar-refractivity contribution in [3.05, 3.63) is 0 Å². The molecule has 2 aliphatic carbocycles. The zero-order chi connectivity index (χ0) is 14.4. The lowest BCUT2D eigenvalue weighted by molar-refractivity contribution is -0.130. The molecule has 0 bridgehead atoms. The summed E-state index contributed by atoms with van der Waals surface area (Å²) in [7, 11) is 0. The van der Waals surface area contributed by atoms with Crippen LogP contribution in [0.5, 0.6) is 0 Å². The van der Waals surface area contributed by atoms with Crippen molar-refractivity contribution >= 4 is 5.91 Å². The number of amides is 1. The molecule has 0 saturated heterocycles. The fraction of sp³-hybridized carbons (Fsp3) is 0.867. The molecule has 1 amide bonds. The summed E-state index contributed by atoms with van der Waals surface area (Å²) in [5, 5.41) is 21.8. The maximum Gasteiger partial charge on any atom is 0.240 e. The Morgan fingerprint density at radius 2 is 2.10 bits per heavy atom. The third-order valence-electron chi connectivity index (χ3n) is 4.21. The third-order valence-corrected chi connectivity index (χ3v) is 4.21. The van der Waals surface area contributed by atoms with Gasteiger partial charge in [-0.2, -0.15) is 5.26 Å². The average molecular weight is 280 g/mol. The van der Waals surface area contributed by atoms with Crippen molar-refractivity contribution in [2.45, 2.75) is 51.0 Å². The van der Waals surface area contributed by atoms with Gasteiger partial charge in [0.1, 0.15) is 5.41 Å². The molecule has 2 saturated carbocycles. The maximum absolute atomic E-state index is 12.2. The monoisotopic (exact) mass is 280 g/mol. The Kier molecular flexibility index (Phi) is 5.38. The van der Waals surface area contributed by atoms with Gasteiger partial charge < -0.3 is 15.2 Å². The number of carbonyl (C=O) groups excluding carboxylic acids is 1. The van der Waals surface area contributed by atoms with E-state index >= 15 is 0 Å². The van der Waals surface area contributed by atoms with Crippen molar-refractivity contribution in [2.24, 2.45) is 11.3 Å². The minimum atomic E-state index is -0.882. The number of nitriles is 1. The number of aliphatic hydroxyl groups is 1. The second-order valence-corrected chi connectivity index (χ2v) is 6.10. The van der Waals surface area contributed by atoms with Gasteiger partial charge in [-0.15, -0.1) is 0 Å². The van der Waals surface area contributed by atoms with Gasteiger partial charge in [0.25, 0.3) is 0 Å². The molecule has 2 N–H and O–H groups in total. The van der Waals surface area contributed by atoms with Crippen molar-refractivity contribution in [3.8, 4) is 6.07 Å². The Morgan fingerprint density at radius 3 is 2.70 bits per heavy atom. The zero-order valence-corrected chi connectivity index (χ0v) is 11.9. The highest BCUT2D eigenvalue weighted by Crippen LogP contribution is 2.35. The van der Waals surface area contributed by atoms with Crippen LogP contribution in [0.1, 0.15) is 44.9 Å². The fourth-order valence-corrected chi connectivity index (χ4v) is 2.64. The molecule has 2 fully saturated rings. The SMILES string of the molecule is N#CC1(C(=O)NCC(O)COCC2CC2)CCCCC1. The number of rotatable bonds is 7. The molecule has 112 valence electrons. The maximum atomic E-state index is 12.2. The van der Waals surface area contributed by atoms with Crippen LogP contribution in [0.3, 0.4) is 0 Å². The summed E-state index contributed by atoms with van der Waals surface area (Å²) in [6.45, 7) is 1.11. The van der Waals surface area contributed by atoms with Crippen LogP contribution in [0.15, 0.2) is 0 Å². The first-order valence-electron chi connectivity index (χ1n) is 7.62. The highest BCUT2D eigenvalue weighted by atomic mass is 16.5. The molecule has 0 aromatic carbocycles. The van der Waals surface area contributed by atoms with Crippen LogP contribution < -0.4 is 5.32 Å². The number of hydrogen-bond acceptors (Lipinski definition) is 4. The minimum absolute atomic E-state index is 0.160. The second-order valence-electron chi connectivity index (χ2n) is 6.10. The van der Waals surface area contributed by atoms with E-state index < -0.39 is 11.5 Å². The summed E-state index contributed by atoms with van der Waals surface area (Å²) in [6.07, 6.45) is 5.94. The van der Waals surface area contributed by atoms with Crippen molar-refractivity contribution in [3.63, 3.8) is 0 Å². The highest BCUT2D eigenvalue weighted by molar-refractivity contribution is 5.85. The van der Waals surface area contributed by atoms with Crippen molar-refractivity contribution in [2.75, 3.05) is 19.8 Å². The van der Waals surface area contributed by atoms with E-state index in [9.17, 15) is 15.2 Å². The number of hydrogen-bond donors (Lipinski definition) is 2. The molecule has 0 heterocycles. The molecule has 2 aliphatic rings. The van der Waals surface area contributed by atoms with Crippen LogP contribution >= 0.6 is 0 Å². The zero-order valence-electron chi connectivity index (χ0n) is 11.9. The van der Waals surface area contributed by atoms with Crippen LogP contribution in [0.2, 0.25) is 0 Å². The summed E-state index contributed by atoms with van der Waals surface area (Å²) in [4.78, 5) is 12.2. The molecule has 1 unspecified atom stereocenters. The van der Waals surface area contributed by atoms with Gasteiger partial charge in [0.15, 0.2) is 0 Å². The molecule has 1 atom stereocenters. The quantitative estimate of drug-likeness (QED) is 0.737. The predicted octanol–water partition coefficient (Wildman–Crippen LogP) is 1.36. The molecule has 2 rings (SSSR count). The van der Waals surface area contributed by atoms with Gasteiger partial charge in [0, 0.05) is 13.2 Å². The van der Waals surface area contributed by atoms with Crippen molar-refractivity contribution < 1.29 is 14.6 Å². The largest absolute Gasteiger partial charge is 0.389 e. The van der Waals surface area contributed by atoms with E-state index in [-0.39, 0.29) is 19.1 Å². The van der Waals surface area contributed by atoms with Gasteiger partial charge in [-0.3, -0.25) is 4.79 Å². The van der Waals surface area contributed by atoms with E-state index in [1.54, 1.807) is 0 Å². The lowest BCUT2D eigenvalue weighted by atomic mass is 9.74. The molecule has 20 heavy (non-hydrogen) atoms. The second kappa shape index (κ2) is 7.05. The molecular formula is C15H24N2O3. The summed E-state index contributed by atoms with van der Waals surface area (Å²) < 4.78 is 5.38. The molecular weight excluding hydrogens is 256 g/mol. The van der Waals surface area contributed by atoms with Gasteiger partial charge in [-0.25, -0.2) is 0 Å². The summed E-state index contributed by atoms with van der Waals surface area (Å²) in [6, 6.07) is 2.18. The Labute approximate surface area is 120 Å². The van der Waals surface area contributed by atoms with E-state index in [1.165, 1.54) is 12.8 Å². The van der Waals surface area contributed by atoms with Crippen LogP contribution in [0.25, 0.3) is 0 Å². The van der Waals surface area contributed by atoms with Gasteiger partial charge in [-0.1, -0.05) is 19.3 Å². The van der Waals surface area contributed by atoms with Crippen LogP contribution in [0.4, 0.5) is 0 Å². The highest BCUT2D eigenvalue weighted by Gasteiger charge is 2.39. The summed E-state index contributed by atoms with van der Waals surface area (Å²) >= 11 is 0. The number of nitrogens with one attached hydrogen (secondary N) is 1. The van der Waals surface area contributed by atoms with E-state index in [0.29, 0.717) is 25.4 Å². The number of nitrogens with zero attached hydrogens (tertiary/aromatic N) is 1. The Morgan fingerprint density at radius 1 is 1.40 bits per heavy atom. The summed E-state index contributed by atoms with van der Waals surface area (Å²) in [5.41, 5.74) is -0.882. The number of aliphatic hydroxyl groups excluding tert-OH is 1. The molecule has 0 aromatic heterocycles. The fourth-order valence-electron chi connectivity index (χ4n) is 2.64. The molecule has 0 spiro atoms. The Hall–Kier alpha value is -1.12. The first-order valence-corrected chi connectivity index (χ1v) is 7.62. The van der Waals surface area contributed by atoms with Gasteiger partial charge >= 0.3 is 0 Å². The third kappa shape index (κ3) is 4.19. The van der Waals surface area contributed by atoms with Crippen LogP contribution in [-0.4, -0.2) is 36.9 Å². The van der Waals surface area contributed by atoms with E-state index in [0.717, 1.165) is 19.3 Å². The Bertz CT molecular complexity index is 368. The lowest BCUT2D eigenvalue weighted by Crippen LogP contribution is -2.44. The molecule has 0 aromatic rings. The number of carbonyl (C=O) groups is 1.